The lowest BCUT2D eigenvalue weighted by Crippen LogP contribution is -2.25. The van der Waals surface area contributed by atoms with Crippen molar-refractivity contribution in [2.24, 2.45) is 0 Å². The van der Waals surface area contributed by atoms with Crippen LogP contribution in [0.5, 0.6) is 0 Å². The average molecular weight is 298 g/mol. The number of carbonyl (C=O) groups is 1. The largest absolute Gasteiger partial charge is 0.451 e. The Bertz CT molecular complexity index is 837. The van der Waals surface area contributed by atoms with Crippen LogP contribution in [0.4, 0.5) is 0 Å². The van der Waals surface area contributed by atoms with Crippen molar-refractivity contribution in [3.63, 3.8) is 0 Å². The Kier molecular flexibility index (Phi) is 4.00. The predicted molar refractivity (Wildman–Crippen MR) is 79.6 cm³/mol. The molecule has 112 valence electrons. The zero-order valence-corrected chi connectivity index (χ0v) is 11.7. The monoisotopic (exact) mass is 298 g/mol. The summed E-state index contributed by atoms with van der Waals surface area (Å²) in [4.78, 5) is 24.0. The van der Waals surface area contributed by atoms with E-state index < -0.39 is 5.91 Å². The summed E-state index contributed by atoms with van der Waals surface area (Å²) < 4.78 is 10.2. The third-order valence-corrected chi connectivity index (χ3v) is 3.27. The van der Waals surface area contributed by atoms with Crippen molar-refractivity contribution >= 4 is 16.9 Å². The first kappa shape index (κ1) is 14.1. The number of hydrogen-bond donors (Lipinski definition) is 1. The highest BCUT2D eigenvalue weighted by Gasteiger charge is 2.11. The fourth-order valence-corrected chi connectivity index (χ4v) is 2.15. The summed E-state index contributed by atoms with van der Waals surface area (Å²) in [6.45, 7) is 0.473. The molecule has 2 heterocycles. The van der Waals surface area contributed by atoms with Crippen LogP contribution in [0.1, 0.15) is 22.5 Å². The molecule has 0 aliphatic carbocycles. The van der Waals surface area contributed by atoms with Crippen molar-refractivity contribution in [3.05, 3.63) is 64.3 Å². The molecule has 2 aromatic heterocycles. The standard InChI is InChI=1S/C16H14N2O4/c19-13-8-15(22-14-6-2-1-5-12(13)14)16(20)17-7-3-4-11-9-18-21-10-11/h1-2,5-6,8-10H,3-4,7H2,(H,17,20). The van der Waals surface area contributed by atoms with E-state index in [2.05, 4.69) is 10.5 Å². The number of benzene rings is 1. The maximum Gasteiger partial charge on any atom is 0.287 e. The Morgan fingerprint density at radius 2 is 2.14 bits per heavy atom. The Labute approximate surface area is 125 Å². The van der Waals surface area contributed by atoms with Gasteiger partial charge in [0.25, 0.3) is 5.91 Å². The summed E-state index contributed by atoms with van der Waals surface area (Å²) in [6.07, 6.45) is 4.71. The van der Waals surface area contributed by atoms with E-state index in [1.807, 2.05) is 0 Å². The van der Waals surface area contributed by atoms with Gasteiger partial charge >= 0.3 is 0 Å². The van der Waals surface area contributed by atoms with Crippen LogP contribution < -0.4 is 10.7 Å². The van der Waals surface area contributed by atoms with Gasteiger partial charge in [-0.05, 0) is 25.0 Å². The van der Waals surface area contributed by atoms with Gasteiger partial charge in [0.2, 0.25) is 0 Å². The van der Waals surface area contributed by atoms with Crippen LogP contribution in [0.3, 0.4) is 0 Å². The van der Waals surface area contributed by atoms with Crippen molar-refractivity contribution in [2.45, 2.75) is 12.8 Å². The first-order chi connectivity index (χ1) is 10.7. The van der Waals surface area contributed by atoms with Gasteiger partial charge in [-0.1, -0.05) is 17.3 Å². The van der Waals surface area contributed by atoms with Crippen molar-refractivity contribution in [1.82, 2.24) is 10.5 Å². The summed E-state index contributed by atoms with van der Waals surface area (Å²) in [5, 5.41) is 6.81. The first-order valence-corrected chi connectivity index (χ1v) is 6.93. The number of aromatic nitrogens is 1. The summed E-state index contributed by atoms with van der Waals surface area (Å²) in [7, 11) is 0. The SMILES string of the molecule is O=C(NCCCc1cnoc1)c1cc(=O)c2ccccc2o1. The third kappa shape index (κ3) is 3.06. The molecule has 22 heavy (non-hydrogen) atoms. The Hall–Kier alpha value is -2.89. The number of rotatable bonds is 5. The molecule has 0 radical (unpaired) electrons. The van der Waals surface area contributed by atoms with Crippen LogP contribution in [0.25, 0.3) is 11.0 Å². The highest BCUT2D eigenvalue weighted by atomic mass is 16.5. The van der Waals surface area contributed by atoms with Crippen molar-refractivity contribution in [1.29, 1.82) is 0 Å². The van der Waals surface area contributed by atoms with Gasteiger partial charge in [-0.2, -0.15) is 0 Å². The molecular weight excluding hydrogens is 284 g/mol. The van der Waals surface area contributed by atoms with Gasteiger partial charge in [-0.3, -0.25) is 9.59 Å². The fraction of sp³-hybridized carbons (Fsp3) is 0.188. The molecule has 0 saturated carbocycles. The Balaban J connectivity index is 1.63. The minimum absolute atomic E-state index is 0.0219. The second-order valence-electron chi connectivity index (χ2n) is 4.86. The van der Waals surface area contributed by atoms with Crippen LogP contribution in [0.15, 0.2) is 56.5 Å². The van der Waals surface area contributed by atoms with Crippen LogP contribution in [0, 0.1) is 0 Å². The van der Waals surface area contributed by atoms with E-state index in [-0.39, 0.29) is 11.2 Å². The van der Waals surface area contributed by atoms with E-state index in [0.717, 1.165) is 18.4 Å². The summed E-state index contributed by atoms with van der Waals surface area (Å²) in [6, 6.07) is 8.06. The van der Waals surface area contributed by atoms with Gasteiger partial charge in [-0.15, -0.1) is 0 Å². The Morgan fingerprint density at radius 1 is 1.27 bits per heavy atom. The molecule has 1 N–H and O–H groups in total. The predicted octanol–water partition coefficient (Wildman–Crippen LogP) is 2.14. The normalized spacial score (nSPS) is 10.7. The molecule has 1 amide bonds. The van der Waals surface area contributed by atoms with E-state index in [4.69, 9.17) is 8.94 Å². The molecule has 3 rings (SSSR count). The number of nitrogens with one attached hydrogen (secondary N) is 1. The number of fused-ring (bicyclic) bond motifs is 1. The maximum absolute atomic E-state index is 12.0. The van der Waals surface area contributed by atoms with Gasteiger partial charge in [0.15, 0.2) is 11.2 Å². The van der Waals surface area contributed by atoms with E-state index in [1.165, 1.54) is 6.07 Å². The molecule has 0 fully saturated rings. The number of amides is 1. The van der Waals surface area contributed by atoms with E-state index >= 15 is 0 Å². The second kappa shape index (κ2) is 6.26. The molecule has 0 unspecified atom stereocenters. The van der Waals surface area contributed by atoms with Crippen molar-refractivity contribution in [3.8, 4) is 0 Å². The minimum Gasteiger partial charge on any atom is -0.451 e. The molecule has 0 aliphatic heterocycles. The quantitative estimate of drug-likeness (QED) is 0.729. The molecule has 0 saturated heterocycles. The van der Waals surface area contributed by atoms with E-state index in [0.29, 0.717) is 17.5 Å². The lowest BCUT2D eigenvalue weighted by atomic mass is 10.2. The van der Waals surface area contributed by atoms with Gasteiger partial charge in [0.05, 0.1) is 11.6 Å². The van der Waals surface area contributed by atoms with E-state index in [9.17, 15) is 9.59 Å². The molecule has 6 nitrogen and oxygen atoms in total. The molecule has 0 aliphatic rings. The van der Waals surface area contributed by atoms with Crippen LogP contribution in [-0.4, -0.2) is 17.6 Å². The topological polar surface area (TPSA) is 85.3 Å². The van der Waals surface area contributed by atoms with Crippen LogP contribution in [-0.2, 0) is 6.42 Å². The minimum atomic E-state index is -0.395. The van der Waals surface area contributed by atoms with Crippen LogP contribution in [0.2, 0.25) is 0 Å². The number of para-hydroxylation sites is 1. The third-order valence-electron chi connectivity index (χ3n) is 3.27. The number of hydrogen-bond acceptors (Lipinski definition) is 5. The molecule has 0 bridgehead atoms. The summed E-state index contributed by atoms with van der Waals surface area (Å²) in [5.41, 5.74) is 1.16. The summed E-state index contributed by atoms with van der Waals surface area (Å²) in [5.74, 6) is -0.373. The second-order valence-corrected chi connectivity index (χ2v) is 4.86. The number of nitrogens with zero attached hydrogens (tertiary/aromatic N) is 1. The van der Waals surface area contributed by atoms with Crippen molar-refractivity contribution in [2.75, 3.05) is 6.54 Å². The lowest BCUT2D eigenvalue weighted by Gasteiger charge is -2.04. The van der Waals surface area contributed by atoms with Gasteiger partial charge < -0.3 is 14.3 Å². The molecule has 0 spiro atoms. The molecule has 1 aromatic carbocycles. The van der Waals surface area contributed by atoms with Crippen LogP contribution >= 0.6 is 0 Å². The van der Waals surface area contributed by atoms with Gasteiger partial charge in [-0.25, -0.2) is 0 Å². The highest BCUT2D eigenvalue weighted by molar-refractivity contribution is 5.93. The number of aryl methyl sites for hydroxylation is 1. The maximum atomic E-state index is 12.0. The Morgan fingerprint density at radius 3 is 2.95 bits per heavy atom. The zero-order chi connectivity index (χ0) is 15.4. The molecule has 0 atom stereocenters. The summed E-state index contributed by atoms with van der Waals surface area (Å²) >= 11 is 0. The fourth-order valence-electron chi connectivity index (χ4n) is 2.15. The lowest BCUT2D eigenvalue weighted by molar-refractivity contribution is 0.0926. The average Bonchev–Trinajstić information content (AvgIpc) is 3.04. The van der Waals surface area contributed by atoms with Gasteiger partial charge in [0.1, 0.15) is 11.8 Å². The highest BCUT2D eigenvalue weighted by Crippen LogP contribution is 2.11. The smallest absolute Gasteiger partial charge is 0.287 e. The zero-order valence-electron chi connectivity index (χ0n) is 11.7. The van der Waals surface area contributed by atoms with Crippen molar-refractivity contribution < 1.29 is 13.7 Å². The first-order valence-electron chi connectivity index (χ1n) is 6.93. The molecular formula is C16H14N2O4. The molecule has 6 heteroatoms. The van der Waals surface area contributed by atoms with Gasteiger partial charge in [0, 0.05) is 18.2 Å². The molecule has 3 aromatic rings. The van der Waals surface area contributed by atoms with E-state index in [1.54, 1.807) is 36.7 Å². The number of carbonyl (C=O) groups excluding carboxylic acids is 1.